The van der Waals surface area contributed by atoms with Crippen molar-refractivity contribution in [3.63, 3.8) is 0 Å². The molecule has 0 radical (unpaired) electrons. The first kappa shape index (κ1) is 22.1. The highest BCUT2D eigenvalue weighted by Crippen LogP contribution is 2.31. The number of para-hydroxylation sites is 1. The van der Waals surface area contributed by atoms with Crippen LogP contribution in [0.3, 0.4) is 0 Å². The quantitative estimate of drug-likeness (QED) is 0.620. The Balaban J connectivity index is 1.98. The van der Waals surface area contributed by atoms with Gasteiger partial charge in [0.2, 0.25) is 5.91 Å². The second-order valence-corrected chi connectivity index (χ2v) is 6.73. The minimum absolute atomic E-state index is 0.142. The summed E-state index contributed by atoms with van der Waals surface area (Å²) < 4.78 is 17.4. The van der Waals surface area contributed by atoms with Crippen molar-refractivity contribution in [2.75, 3.05) is 26.9 Å². The molecule has 6 heteroatoms. The summed E-state index contributed by atoms with van der Waals surface area (Å²) in [7, 11) is 1.59. The van der Waals surface area contributed by atoms with Crippen molar-refractivity contribution in [2.24, 2.45) is 0 Å². The monoisotopic (exact) mass is 396 g/mol. The lowest BCUT2D eigenvalue weighted by molar-refractivity contribution is -0.120. The molecule has 0 aliphatic rings. The van der Waals surface area contributed by atoms with Crippen molar-refractivity contribution in [1.82, 2.24) is 5.32 Å². The smallest absolute Gasteiger partial charge is 0.234 e. The Morgan fingerprint density at radius 3 is 2.41 bits per heavy atom. The van der Waals surface area contributed by atoms with Crippen LogP contribution >= 0.6 is 0 Å². The topological polar surface area (TPSA) is 80.6 Å². The number of nitrogens with zero attached hydrogens (tertiary/aromatic N) is 1. The fraction of sp³-hybridized carbons (Fsp3) is 0.391. The molecule has 6 nitrogen and oxygen atoms in total. The van der Waals surface area contributed by atoms with E-state index in [-0.39, 0.29) is 12.3 Å². The summed E-state index contributed by atoms with van der Waals surface area (Å²) in [6, 6.07) is 11.6. The molecule has 0 saturated carbocycles. The Labute approximate surface area is 172 Å². The van der Waals surface area contributed by atoms with Crippen molar-refractivity contribution in [3.05, 3.63) is 52.6 Å². The van der Waals surface area contributed by atoms with Gasteiger partial charge in [-0.3, -0.25) is 4.79 Å². The molecule has 2 aromatic rings. The third-order valence-electron chi connectivity index (χ3n) is 4.69. The molecule has 0 aromatic heterocycles. The number of benzene rings is 2. The zero-order valence-electron chi connectivity index (χ0n) is 17.5. The van der Waals surface area contributed by atoms with Crippen LogP contribution in [0.5, 0.6) is 17.2 Å². The number of hydrogen-bond acceptors (Lipinski definition) is 5. The van der Waals surface area contributed by atoms with Crippen LogP contribution in [-0.4, -0.2) is 32.8 Å². The van der Waals surface area contributed by atoms with Crippen LogP contribution in [0, 0.1) is 32.1 Å². The first-order valence-electron chi connectivity index (χ1n) is 9.59. The van der Waals surface area contributed by atoms with E-state index in [4.69, 9.17) is 19.5 Å². The maximum atomic E-state index is 11.5. The number of hydrogen-bond donors (Lipinski definition) is 1. The van der Waals surface area contributed by atoms with E-state index in [0.29, 0.717) is 37.7 Å². The maximum absolute atomic E-state index is 11.5. The summed E-state index contributed by atoms with van der Waals surface area (Å²) in [5.41, 5.74) is 4.34. The maximum Gasteiger partial charge on any atom is 0.234 e. The molecule has 0 atom stereocenters. The average Bonchev–Trinajstić information content (AvgIpc) is 2.71. The van der Waals surface area contributed by atoms with Crippen molar-refractivity contribution in [3.8, 4) is 23.3 Å². The number of carbonyl (C=O) groups is 1. The summed E-state index contributed by atoms with van der Waals surface area (Å²) in [4.78, 5) is 11.5. The van der Waals surface area contributed by atoms with Crippen LogP contribution in [0.2, 0.25) is 0 Å². The molecule has 0 aliphatic heterocycles. The van der Waals surface area contributed by atoms with Gasteiger partial charge in [0.15, 0.2) is 11.5 Å². The van der Waals surface area contributed by atoms with E-state index < -0.39 is 0 Å². The van der Waals surface area contributed by atoms with Crippen molar-refractivity contribution in [1.29, 1.82) is 5.26 Å². The summed E-state index contributed by atoms with van der Waals surface area (Å²) in [6.07, 6.45) is 0.428. The standard InChI is InChI=1S/C23H28N2O4/c1-16-8-9-17(2)22(18(16)3)28-14-15-29-23-19(6-5-7-20(23)27-4)11-13-25-21(26)10-12-24/h5-9H,10-11,13-15H2,1-4H3,(H,25,26). The van der Waals surface area contributed by atoms with E-state index in [2.05, 4.69) is 31.3 Å². The van der Waals surface area contributed by atoms with E-state index in [9.17, 15) is 4.79 Å². The molecule has 0 bridgehead atoms. The predicted molar refractivity (Wildman–Crippen MR) is 112 cm³/mol. The van der Waals surface area contributed by atoms with Gasteiger partial charge in [0, 0.05) is 6.54 Å². The number of ether oxygens (including phenoxy) is 3. The fourth-order valence-electron chi connectivity index (χ4n) is 2.99. The van der Waals surface area contributed by atoms with E-state index >= 15 is 0 Å². The molecule has 0 unspecified atom stereocenters. The van der Waals surface area contributed by atoms with Gasteiger partial charge in [-0.15, -0.1) is 0 Å². The summed E-state index contributed by atoms with van der Waals surface area (Å²) >= 11 is 0. The van der Waals surface area contributed by atoms with Crippen molar-refractivity contribution < 1.29 is 19.0 Å². The van der Waals surface area contributed by atoms with E-state index in [0.717, 1.165) is 22.4 Å². The summed E-state index contributed by atoms with van der Waals surface area (Å²) in [6.45, 7) is 7.33. The molecule has 1 amide bonds. The second-order valence-electron chi connectivity index (χ2n) is 6.73. The number of amides is 1. The lowest BCUT2D eigenvalue weighted by atomic mass is 10.1. The minimum Gasteiger partial charge on any atom is -0.493 e. The number of carbonyl (C=O) groups excluding carboxylic acids is 1. The van der Waals surface area contributed by atoms with Crippen LogP contribution in [0.4, 0.5) is 0 Å². The van der Waals surface area contributed by atoms with Gasteiger partial charge in [-0.1, -0.05) is 24.3 Å². The molecule has 1 N–H and O–H groups in total. The van der Waals surface area contributed by atoms with E-state index in [1.165, 1.54) is 5.56 Å². The first-order chi connectivity index (χ1) is 14.0. The highest BCUT2D eigenvalue weighted by atomic mass is 16.5. The second kappa shape index (κ2) is 11.0. The molecule has 154 valence electrons. The van der Waals surface area contributed by atoms with Gasteiger partial charge in [-0.05, 0) is 55.5 Å². The predicted octanol–water partition coefficient (Wildman–Crippen LogP) is 3.65. The highest BCUT2D eigenvalue weighted by Gasteiger charge is 2.12. The fourth-order valence-corrected chi connectivity index (χ4v) is 2.99. The Kier molecular flexibility index (Phi) is 8.35. The third kappa shape index (κ3) is 6.15. The number of methoxy groups -OCH3 is 1. The molecule has 29 heavy (non-hydrogen) atoms. The SMILES string of the molecule is COc1cccc(CCNC(=O)CC#N)c1OCCOc1c(C)ccc(C)c1C. The van der Waals surface area contributed by atoms with Crippen LogP contribution in [0.15, 0.2) is 30.3 Å². The highest BCUT2D eigenvalue weighted by molar-refractivity contribution is 5.77. The van der Waals surface area contributed by atoms with Gasteiger partial charge in [0.05, 0.1) is 13.2 Å². The van der Waals surface area contributed by atoms with Gasteiger partial charge in [0.25, 0.3) is 0 Å². The molecule has 0 heterocycles. The third-order valence-corrected chi connectivity index (χ3v) is 4.69. The first-order valence-corrected chi connectivity index (χ1v) is 9.59. The Hall–Kier alpha value is -3.20. The number of nitrogens with one attached hydrogen (secondary N) is 1. The summed E-state index contributed by atoms with van der Waals surface area (Å²) in [5.74, 6) is 1.89. The number of nitriles is 1. The molecule has 0 aliphatic carbocycles. The van der Waals surface area contributed by atoms with Crippen LogP contribution in [0.25, 0.3) is 0 Å². The Bertz CT molecular complexity index is 887. The zero-order chi connectivity index (χ0) is 21.2. The molecule has 0 fully saturated rings. The molecule has 2 aromatic carbocycles. The Morgan fingerprint density at radius 2 is 1.72 bits per heavy atom. The largest absolute Gasteiger partial charge is 0.493 e. The van der Waals surface area contributed by atoms with Gasteiger partial charge < -0.3 is 19.5 Å². The lowest BCUT2D eigenvalue weighted by Gasteiger charge is -2.17. The molecule has 0 spiro atoms. The van der Waals surface area contributed by atoms with E-state index in [1.54, 1.807) is 7.11 Å². The van der Waals surface area contributed by atoms with Crippen LogP contribution < -0.4 is 19.5 Å². The van der Waals surface area contributed by atoms with Gasteiger partial charge >= 0.3 is 0 Å². The lowest BCUT2D eigenvalue weighted by Crippen LogP contribution is -2.25. The zero-order valence-corrected chi connectivity index (χ0v) is 17.5. The van der Waals surface area contributed by atoms with E-state index in [1.807, 2.05) is 31.2 Å². The van der Waals surface area contributed by atoms with Crippen LogP contribution in [0.1, 0.15) is 28.7 Å². The molecular formula is C23H28N2O4. The number of aryl methyl sites for hydroxylation is 2. The molecule has 2 rings (SSSR count). The molecule has 0 saturated heterocycles. The van der Waals surface area contributed by atoms with Gasteiger partial charge in [-0.25, -0.2) is 0 Å². The van der Waals surface area contributed by atoms with Crippen molar-refractivity contribution >= 4 is 5.91 Å². The minimum atomic E-state index is -0.282. The van der Waals surface area contributed by atoms with Crippen LogP contribution in [-0.2, 0) is 11.2 Å². The average molecular weight is 396 g/mol. The normalized spacial score (nSPS) is 10.2. The van der Waals surface area contributed by atoms with Gasteiger partial charge in [0.1, 0.15) is 25.4 Å². The van der Waals surface area contributed by atoms with Crippen molar-refractivity contribution in [2.45, 2.75) is 33.6 Å². The summed E-state index contributed by atoms with van der Waals surface area (Å²) in [5, 5.41) is 11.3. The Morgan fingerprint density at radius 1 is 1.03 bits per heavy atom. The molecular weight excluding hydrogens is 368 g/mol. The number of rotatable bonds is 10. The van der Waals surface area contributed by atoms with Gasteiger partial charge in [-0.2, -0.15) is 5.26 Å².